The van der Waals surface area contributed by atoms with E-state index >= 15 is 0 Å². The Morgan fingerprint density at radius 3 is 2.52 bits per heavy atom. The Kier molecular flexibility index (Phi) is 3.97. The summed E-state index contributed by atoms with van der Waals surface area (Å²) < 4.78 is 13.7. The summed E-state index contributed by atoms with van der Waals surface area (Å²) in [6.45, 7) is 1.95. The fourth-order valence-corrected chi connectivity index (χ4v) is 2.87. The molecule has 1 N–H and O–H groups in total. The van der Waals surface area contributed by atoms with Crippen molar-refractivity contribution in [3.8, 4) is 10.6 Å². The van der Waals surface area contributed by atoms with Gasteiger partial charge in [0, 0.05) is 28.4 Å². The zero-order valence-electron chi connectivity index (χ0n) is 11.6. The molecule has 0 aliphatic rings. The van der Waals surface area contributed by atoms with Crippen molar-refractivity contribution >= 4 is 17.0 Å². The minimum Gasteiger partial charge on any atom is -0.378 e. The normalized spacial score (nSPS) is 12.1. The molecule has 0 saturated carbocycles. The van der Waals surface area contributed by atoms with Crippen LogP contribution in [0.25, 0.3) is 10.6 Å². The van der Waals surface area contributed by atoms with Gasteiger partial charge in [-0.2, -0.15) is 0 Å². The molecule has 0 aliphatic carbocycles. The van der Waals surface area contributed by atoms with Gasteiger partial charge in [0.1, 0.15) is 10.8 Å². The lowest BCUT2D eigenvalue weighted by molar-refractivity contribution is 0.600. The van der Waals surface area contributed by atoms with Gasteiger partial charge >= 0.3 is 0 Å². The van der Waals surface area contributed by atoms with Crippen LogP contribution in [0.3, 0.4) is 0 Å². The molecular weight excluding hydrogens is 283 g/mol. The number of halogens is 1. The van der Waals surface area contributed by atoms with E-state index in [1.807, 2.05) is 42.6 Å². The number of aromatic nitrogens is 1. The van der Waals surface area contributed by atoms with Crippen LogP contribution in [0.5, 0.6) is 0 Å². The van der Waals surface area contributed by atoms with Crippen molar-refractivity contribution < 1.29 is 4.39 Å². The summed E-state index contributed by atoms with van der Waals surface area (Å²) in [7, 11) is 0. The molecule has 1 heterocycles. The second kappa shape index (κ2) is 6.06. The van der Waals surface area contributed by atoms with Gasteiger partial charge in [-0.15, -0.1) is 11.3 Å². The topological polar surface area (TPSA) is 24.9 Å². The number of hydrogen-bond donors (Lipinski definition) is 1. The molecule has 0 radical (unpaired) electrons. The van der Waals surface area contributed by atoms with Gasteiger partial charge in [0.2, 0.25) is 0 Å². The largest absolute Gasteiger partial charge is 0.378 e. The molecule has 0 bridgehead atoms. The number of nitrogens with one attached hydrogen (secondary N) is 1. The Bertz CT molecular complexity index is 708. The van der Waals surface area contributed by atoms with E-state index in [1.54, 1.807) is 29.7 Å². The fourth-order valence-electron chi connectivity index (χ4n) is 2.23. The van der Waals surface area contributed by atoms with Crippen molar-refractivity contribution in [2.24, 2.45) is 0 Å². The molecule has 0 spiro atoms. The van der Waals surface area contributed by atoms with Crippen LogP contribution in [0, 0.1) is 5.82 Å². The predicted octanol–water partition coefficient (Wildman–Crippen LogP) is 5.12. The third-order valence-electron chi connectivity index (χ3n) is 3.32. The molecule has 21 heavy (non-hydrogen) atoms. The van der Waals surface area contributed by atoms with Gasteiger partial charge in [-0.1, -0.05) is 18.2 Å². The highest BCUT2D eigenvalue weighted by molar-refractivity contribution is 7.13. The molecule has 0 saturated heterocycles. The first kappa shape index (κ1) is 13.8. The average Bonchev–Trinajstić information content (AvgIpc) is 3.02. The molecule has 2 nitrogen and oxygen atoms in total. The predicted molar refractivity (Wildman–Crippen MR) is 86.0 cm³/mol. The number of rotatable bonds is 4. The molecule has 2 aromatic carbocycles. The number of hydrogen-bond acceptors (Lipinski definition) is 3. The highest BCUT2D eigenvalue weighted by Gasteiger charge is 2.10. The van der Waals surface area contributed by atoms with Crippen LogP contribution in [0.1, 0.15) is 18.5 Å². The van der Waals surface area contributed by atoms with E-state index in [4.69, 9.17) is 0 Å². The van der Waals surface area contributed by atoms with E-state index in [9.17, 15) is 4.39 Å². The minimum absolute atomic E-state index is 0.0862. The lowest BCUT2D eigenvalue weighted by atomic mass is 10.1. The standard InChI is InChI=1S/C17H15FN2S/c1-12(15-4-2-3-5-16(15)18)20-14-8-6-13(7-9-14)17-19-10-11-21-17/h2-12,20H,1H3. The van der Waals surface area contributed by atoms with Crippen LogP contribution < -0.4 is 5.32 Å². The second-order valence-electron chi connectivity index (χ2n) is 4.80. The van der Waals surface area contributed by atoms with Gasteiger partial charge in [-0.3, -0.25) is 0 Å². The molecule has 1 aromatic heterocycles. The molecule has 0 amide bonds. The molecule has 4 heteroatoms. The van der Waals surface area contributed by atoms with E-state index in [1.165, 1.54) is 6.07 Å². The highest BCUT2D eigenvalue weighted by Crippen LogP contribution is 2.25. The van der Waals surface area contributed by atoms with Crippen LogP contribution in [-0.2, 0) is 0 Å². The lowest BCUT2D eigenvalue weighted by Gasteiger charge is -2.16. The summed E-state index contributed by atoms with van der Waals surface area (Å²) in [6, 6.07) is 14.8. The van der Waals surface area contributed by atoms with Crippen LogP contribution in [-0.4, -0.2) is 4.98 Å². The number of thiazole rings is 1. The molecule has 0 aliphatic heterocycles. The monoisotopic (exact) mass is 298 g/mol. The minimum atomic E-state index is -0.183. The lowest BCUT2D eigenvalue weighted by Crippen LogP contribution is -2.08. The highest BCUT2D eigenvalue weighted by atomic mass is 32.1. The van der Waals surface area contributed by atoms with Gasteiger partial charge in [-0.05, 0) is 37.3 Å². The van der Waals surface area contributed by atoms with Crippen LogP contribution >= 0.6 is 11.3 Å². The smallest absolute Gasteiger partial charge is 0.128 e. The Morgan fingerprint density at radius 2 is 1.86 bits per heavy atom. The summed E-state index contributed by atoms with van der Waals surface area (Å²) in [6.07, 6.45) is 1.80. The maximum atomic E-state index is 13.7. The summed E-state index contributed by atoms with van der Waals surface area (Å²) in [4.78, 5) is 4.28. The molecule has 1 unspecified atom stereocenters. The molecule has 3 aromatic rings. The Balaban J connectivity index is 1.75. The molecule has 0 fully saturated rings. The first-order valence-electron chi connectivity index (χ1n) is 6.75. The van der Waals surface area contributed by atoms with Gasteiger partial charge in [0.15, 0.2) is 0 Å². The number of nitrogens with zero attached hydrogens (tertiary/aromatic N) is 1. The molecule has 1 atom stereocenters. The number of benzene rings is 2. The SMILES string of the molecule is CC(Nc1ccc(-c2nccs2)cc1)c1ccccc1F. The third kappa shape index (κ3) is 3.11. The van der Waals surface area contributed by atoms with Crippen molar-refractivity contribution in [1.29, 1.82) is 0 Å². The van der Waals surface area contributed by atoms with Crippen molar-refractivity contribution in [1.82, 2.24) is 4.98 Å². The van der Waals surface area contributed by atoms with Crippen molar-refractivity contribution in [3.05, 3.63) is 71.5 Å². The van der Waals surface area contributed by atoms with Crippen molar-refractivity contribution in [3.63, 3.8) is 0 Å². The van der Waals surface area contributed by atoms with E-state index in [0.717, 1.165) is 16.3 Å². The Hall–Kier alpha value is -2.20. The second-order valence-corrected chi connectivity index (χ2v) is 5.70. The van der Waals surface area contributed by atoms with Gasteiger partial charge < -0.3 is 5.32 Å². The summed E-state index contributed by atoms with van der Waals surface area (Å²) in [5.41, 5.74) is 2.72. The van der Waals surface area contributed by atoms with E-state index < -0.39 is 0 Å². The summed E-state index contributed by atoms with van der Waals surface area (Å²) in [5.74, 6) is -0.183. The zero-order chi connectivity index (χ0) is 14.7. The molecule has 106 valence electrons. The van der Waals surface area contributed by atoms with Crippen LogP contribution in [0.4, 0.5) is 10.1 Å². The molecular formula is C17H15FN2S. The molecule has 3 rings (SSSR count). The zero-order valence-corrected chi connectivity index (χ0v) is 12.4. The summed E-state index contributed by atoms with van der Waals surface area (Å²) >= 11 is 1.61. The third-order valence-corrected chi connectivity index (χ3v) is 4.14. The van der Waals surface area contributed by atoms with E-state index in [-0.39, 0.29) is 11.9 Å². The quantitative estimate of drug-likeness (QED) is 0.723. The maximum Gasteiger partial charge on any atom is 0.128 e. The number of anilines is 1. The van der Waals surface area contributed by atoms with Crippen molar-refractivity contribution in [2.75, 3.05) is 5.32 Å². The van der Waals surface area contributed by atoms with Gasteiger partial charge in [-0.25, -0.2) is 9.37 Å². The van der Waals surface area contributed by atoms with E-state index in [2.05, 4.69) is 10.3 Å². The van der Waals surface area contributed by atoms with Crippen molar-refractivity contribution in [2.45, 2.75) is 13.0 Å². The van der Waals surface area contributed by atoms with E-state index in [0.29, 0.717) is 5.56 Å². The first-order chi connectivity index (χ1) is 10.2. The average molecular weight is 298 g/mol. The maximum absolute atomic E-state index is 13.7. The first-order valence-corrected chi connectivity index (χ1v) is 7.63. The Morgan fingerprint density at radius 1 is 1.10 bits per heavy atom. The van der Waals surface area contributed by atoms with Gasteiger partial charge in [0.05, 0.1) is 6.04 Å². The fraction of sp³-hybridized carbons (Fsp3) is 0.118. The van der Waals surface area contributed by atoms with Crippen LogP contribution in [0.2, 0.25) is 0 Å². The Labute approximate surface area is 127 Å². The summed E-state index contributed by atoms with van der Waals surface area (Å²) in [5, 5.41) is 6.28. The van der Waals surface area contributed by atoms with Crippen LogP contribution in [0.15, 0.2) is 60.1 Å². The van der Waals surface area contributed by atoms with Gasteiger partial charge in [0.25, 0.3) is 0 Å².